The minimum absolute atomic E-state index is 0.936. The van der Waals surface area contributed by atoms with E-state index in [1.165, 1.54) is 10.8 Å². The van der Waals surface area contributed by atoms with Gasteiger partial charge < -0.3 is 4.98 Å². The number of aryl methyl sites for hydroxylation is 1. The van der Waals surface area contributed by atoms with E-state index < -0.39 is 0 Å². The number of nitrogens with one attached hydrogen (secondary N) is 1. The van der Waals surface area contributed by atoms with Gasteiger partial charge in [0.15, 0.2) is 0 Å². The fraction of sp³-hybridized carbons (Fsp3) is 0.0625. The Morgan fingerprint density at radius 1 is 1.11 bits per heavy atom. The third-order valence-electron chi connectivity index (χ3n) is 3.23. The van der Waals surface area contributed by atoms with Crippen LogP contribution in [0.1, 0.15) is 17.0 Å². The minimum atomic E-state index is 0.936. The number of H-pyrrole nitrogens is 1. The van der Waals surface area contributed by atoms with Crippen molar-refractivity contribution in [2.75, 3.05) is 0 Å². The predicted molar refractivity (Wildman–Crippen MR) is 75.4 cm³/mol. The van der Waals surface area contributed by atoms with E-state index in [1.807, 2.05) is 6.92 Å². The SMILES string of the molecule is C=C(c1nc[nH]c1C)c1cccc2ccccc12. The second kappa shape index (κ2) is 4.15. The molecule has 0 atom stereocenters. The maximum absolute atomic E-state index is 4.34. The molecule has 0 radical (unpaired) electrons. The summed E-state index contributed by atoms with van der Waals surface area (Å²) in [5, 5.41) is 2.44. The van der Waals surface area contributed by atoms with Crippen LogP contribution in [0, 0.1) is 6.92 Å². The average molecular weight is 234 g/mol. The van der Waals surface area contributed by atoms with Crippen molar-refractivity contribution in [1.29, 1.82) is 0 Å². The molecule has 3 aromatic rings. The number of aromatic amines is 1. The topological polar surface area (TPSA) is 28.7 Å². The minimum Gasteiger partial charge on any atom is -0.348 e. The molecule has 3 rings (SSSR count). The van der Waals surface area contributed by atoms with Gasteiger partial charge >= 0.3 is 0 Å². The van der Waals surface area contributed by atoms with Crippen molar-refractivity contribution < 1.29 is 0 Å². The molecular weight excluding hydrogens is 220 g/mol. The van der Waals surface area contributed by atoms with Gasteiger partial charge in [0.05, 0.1) is 12.0 Å². The molecule has 1 N–H and O–H groups in total. The zero-order valence-electron chi connectivity index (χ0n) is 10.3. The van der Waals surface area contributed by atoms with Crippen LogP contribution < -0.4 is 0 Å². The van der Waals surface area contributed by atoms with E-state index >= 15 is 0 Å². The third kappa shape index (κ3) is 1.63. The first-order valence-corrected chi connectivity index (χ1v) is 5.95. The lowest BCUT2D eigenvalue weighted by Crippen LogP contribution is -1.90. The predicted octanol–water partition coefficient (Wildman–Crippen LogP) is 3.93. The first-order chi connectivity index (χ1) is 8.77. The summed E-state index contributed by atoms with van der Waals surface area (Å²) in [6, 6.07) is 14.6. The highest BCUT2D eigenvalue weighted by atomic mass is 14.9. The lowest BCUT2D eigenvalue weighted by Gasteiger charge is -2.08. The molecule has 0 amide bonds. The molecule has 0 aliphatic heterocycles. The maximum Gasteiger partial charge on any atom is 0.0929 e. The molecule has 2 heteroatoms. The van der Waals surface area contributed by atoms with Crippen LogP contribution in [-0.4, -0.2) is 9.97 Å². The Kier molecular flexibility index (Phi) is 2.49. The number of nitrogens with zero attached hydrogens (tertiary/aromatic N) is 1. The van der Waals surface area contributed by atoms with E-state index in [0.717, 1.165) is 22.5 Å². The summed E-state index contributed by atoms with van der Waals surface area (Å²) in [5.41, 5.74) is 4.09. The fourth-order valence-electron chi connectivity index (χ4n) is 2.28. The second-order valence-corrected chi connectivity index (χ2v) is 4.38. The Balaban J connectivity index is 2.21. The van der Waals surface area contributed by atoms with Crippen LogP contribution in [0.25, 0.3) is 16.3 Å². The van der Waals surface area contributed by atoms with Gasteiger partial charge in [-0.25, -0.2) is 4.98 Å². The molecule has 0 aliphatic rings. The summed E-state index contributed by atoms with van der Waals surface area (Å²) in [6.07, 6.45) is 1.71. The molecule has 2 aromatic carbocycles. The van der Waals surface area contributed by atoms with Gasteiger partial charge in [0.25, 0.3) is 0 Å². The monoisotopic (exact) mass is 234 g/mol. The average Bonchev–Trinajstić information content (AvgIpc) is 2.83. The van der Waals surface area contributed by atoms with Crippen molar-refractivity contribution in [2.24, 2.45) is 0 Å². The molecule has 0 unspecified atom stereocenters. The highest BCUT2D eigenvalue weighted by molar-refractivity contribution is 5.96. The van der Waals surface area contributed by atoms with Crippen LogP contribution >= 0.6 is 0 Å². The molecule has 2 nitrogen and oxygen atoms in total. The highest BCUT2D eigenvalue weighted by Crippen LogP contribution is 2.28. The summed E-state index contributed by atoms with van der Waals surface area (Å²) in [6.45, 7) is 6.21. The number of aromatic nitrogens is 2. The van der Waals surface area contributed by atoms with Gasteiger partial charge in [0.1, 0.15) is 0 Å². The number of hydrogen-bond acceptors (Lipinski definition) is 1. The van der Waals surface area contributed by atoms with Crippen molar-refractivity contribution in [2.45, 2.75) is 6.92 Å². The van der Waals surface area contributed by atoms with Gasteiger partial charge in [-0.3, -0.25) is 0 Å². The standard InChI is InChI=1S/C16H14N2/c1-11(16-12(2)17-10-18-16)14-9-5-7-13-6-3-4-8-15(13)14/h3-10H,1H2,2H3,(H,17,18). The zero-order chi connectivity index (χ0) is 12.5. The Labute approximate surface area is 106 Å². The normalized spacial score (nSPS) is 10.7. The van der Waals surface area contributed by atoms with Gasteiger partial charge in [0.2, 0.25) is 0 Å². The number of fused-ring (bicyclic) bond motifs is 1. The van der Waals surface area contributed by atoms with Crippen molar-refractivity contribution in [3.05, 3.63) is 72.3 Å². The summed E-state index contributed by atoms with van der Waals surface area (Å²) in [4.78, 5) is 7.44. The van der Waals surface area contributed by atoms with Crippen molar-refractivity contribution in [1.82, 2.24) is 9.97 Å². The molecule has 0 bridgehead atoms. The van der Waals surface area contributed by atoms with Crippen LogP contribution in [0.3, 0.4) is 0 Å². The Morgan fingerprint density at radius 2 is 1.89 bits per heavy atom. The molecular formula is C16H14N2. The molecule has 18 heavy (non-hydrogen) atoms. The number of rotatable bonds is 2. The molecule has 1 aromatic heterocycles. The van der Waals surface area contributed by atoms with Crippen LogP contribution in [0.2, 0.25) is 0 Å². The third-order valence-corrected chi connectivity index (χ3v) is 3.23. The van der Waals surface area contributed by atoms with Crippen molar-refractivity contribution in [3.8, 4) is 0 Å². The van der Waals surface area contributed by atoms with E-state index in [-0.39, 0.29) is 0 Å². The van der Waals surface area contributed by atoms with E-state index in [9.17, 15) is 0 Å². The lowest BCUT2D eigenvalue weighted by atomic mass is 9.97. The first kappa shape index (κ1) is 10.8. The molecule has 0 saturated carbocycles. The van der Waals surface area contributed by atoms with Gasteiger partial charge in [0, 0.05) is 11.3 Å². The molecule has 0 aliphatic carbocycles. The largest absolute Gasteiger partial charge is 0.348 e. The Bertz CT molecular complexity index is 717. The zero-order valence-corrected chi connectivity index (χ0v) is 10.3. The lowest BCUT2D eigenvalue weighted by molar-refractivity contribution is 1.25. The van der Waals surface area contributed by atoms with Crippen LogP contribution in [0.5, 0.6) is 0 Å². The van der Waals surface area contributed by atoms with Gasteiger partial charge in [-0.15, -0.1) is 0 Å². The van der Waals surface area contributed by atoms with Gasteiger partial charge in [-0.1, -0.05) is 49.0 Å². The number of imidazole rings is 1. The first-order valence-electron chi connectivity index (χ1n) is 5.95. The Morgan fingerprint density at radius 3 is 2.67 bits per heavy atom. The van der Waals surface area contributed by atoms with E-state index in [1.54, 1.807) is 6.33 Å². The van der Waals surface area contributed by atoms with Crippen molar-refractivity contribution in [3.63, 3.8) is 0 Å². The second-order valence-electron chi connectivity index (χ2n) is 4.38. The van der Waals surface area contributed by atoms with Gasteiger partial charge in [-0.2, -0.15) is 0 Å². The van der Waals surface area contributed by atoms with Crippen molar-refractivity contribution >= 4 is 16.3 Å². The smallest absolute Gasteiger partial charge is 0.0929 e. The van der Waals surface area contributed by atoms with E-state index in [4.69, 9.17) is 0 Å². The van der Waals surface area contributed by atoms with E-state index in [0.29, 0.717) is 0 Å². The highest BCUT2D eigenvalue weighted by Gasteiger charge is 2.10. The van der Waals surface area contributed by atoms with Gasteiger partial charge in [-0.05, 0) is 23.3 Å². The summed E-state index contributed by atoms with van der Waals surface area (Å²) >= 11 is 0. The maximum atomic E-state index is 4.34. The molecule has 88 valence electrons. The summed E-state index contributed by atoms with van der Waals surface area (Å²) in [7, 11) is 0. The molecule has 0 saturated heterocycles. The van der Waals surface area contributed by atoms with E-state index in [2.05, 4.69) is 59.0 Å². The summed E-state index contributed by atoms with van der Waals surface area (Å²) in [5.74, 6) is 0. The van der Waals surface area contributed by atoms with Crippen LogP contribution in [0.15, 0.2) is 55.4 Å². The molecule has 0 fully saturated rings. The summed E-state index contributed by atoms with van der Waals surface area (Å²) < 4.78 is 0. The number of hydrogen-bond donors (Lipinski definition) is 1. The molecule has 1 heterocycles. The quantitative estimate of drug-likeness (QED) is 0.715. The molecule has 0 spiro atoms. The van der Waals surface area contributed by atoms with Crippen LogP contribution in [0.4, 0.5) is 0 Å². The number of benzene rings is 2. The fourth-order valence-corrected chi connectivity index (χ4v) is 2.28. The Hall–Kier alpha value is -2.35. The van der Waals surface area contributed by atoms with Crippen LogP contribution in [-0.2, 0) is 0 Å².